The Morgan fingerprint density at radius 3 is 2.67 bits per heavy atom. The third-order valence-electron chi connectivity index (χ3n) is 1.57. The normalized spacial score (nSPS) is 10.8. The molecule has 1 heterocycles. The highest BCUT2D eigenvalue weighted by Crippen LogP contribution is 2.18. The SMILES string of the molecule is Cc1ccc(C(F)F)nc1CCl. The Bertz CT molecular complexity index is 276. The average molecular weight is 192 g/mol. The number of aryl methyl sites for hydroxylation is 1. The van der Waals surface area contributed by atoms with Crippen molar-refractivity contribution < 1.29 is 8.78 Å². The van der Waals surface area contributed by atoms with Crippen molar-refractivity contribution in [2.45, 2.75) is 19.2 Å². The Balaban J connectivity index is 3.05. The van der Waals surface area contributed by atoms with Gasteiger partial charge in [0.2, 0.25) is 0 Å². The van der Waals surface area contributed by atoms with E-state index >= 15 is 0 Å². The zero-order valence-corrected chi connectivity index (χ0v) is 7.28. The van der Waals surface area contributed by atoms with Crippen LogP contribution in [0.3, 0.4) is 0 Å². The van der Waals surface area contributed by atoms with Gasteiger partial charge in [-0.25, -0.2) is 8.78 Å². The topological polar surface area (TPSA) is 12.9 Å². The second-order valence-corrected chi connectivity index (χ2v) is 2.70. The smallest absolute Gasteiger partial charge is 0.250 e. The molecule has 1 aromatic heterocycles. The summed E-state index contributed by atoms with van der Waals surface area (Å²) in [6, 6.07) is 2.92. The molecule has 0 atom stereocenters. The number of alkyl halides is 3. The van der Waals surface area contributed by atoms with Crippen LogP contribution in [0.25, 0.3) is 0 Å². The molecule has 0 aliphatic carbocycles. The number of halogens is 3. The average Bonchev–Trinajstić information content (AvgIpc) is 2.05. The van der Waals surface area contributed by atoms with E-state index in [-0.39, 0.29) is 11.6 Å². The maximum absolute atomic E-state index is 12.1. The third kappa shape index (κ3) is 1.91. The first-order valence-electron chi connectivity index (χ1n) is 3.45. The van der Waals surface area contributed by atoms with Crippen molar-refractivity contribution in [3.8, 4) is 0 Å². The molecule has 0 bridgehead atoms. The van der Waals surface area contributed by atoms with E-state index in [1.54, 1.807) is 13.0 Å². The van der Waals surface area contributed by atoms with Crippen molar-refractivity contribution in [3.05, 3.63) is 29.1 Å². The largest absolute Gasteiger partial charge is 0.280 e. The molecule has 66 valence electrons. The van der Waals surface area contributed by atoms with Gasteiger partial charge in [0.05, 0.1) is 11.6 Å². The fraction of sp³-hybridized carbons (Fsp3) is 0.375. The van der Waals surface area contributed by atoms with E-state index < -0.39 is 6.43 Å². The molecule has 0 radical (unpaired) electrons. The fourth-order valence-corrected chi connectivity index (χ4v) is 1.12. The van der Waals surface area contributed by atoms with Crippen LogP contribution < -0.4 is 0 Å². The summed E-state index contributed by atoms with van der Waals surface area (Å²) < 4.78 is 24.2. The summed E-state index contributed by atoms with van der Waals surface area (Å²) in [5.74, 6) is 0.173. The van der Waals surface area contributed by atoms with Gasteiger partial charge in [-0.1, -0.05) is 6.07 Å². The van der Waals surface area contributed by atoms with Crippen LogP contribution in [0.1, 0.15) is 23.4 Å². The molecular weight excluding hydrogens is 184 g/mol. The van der Waals surface area contributed by atoms with Gasteiger partial charge in [-0.2, -0.15) is 0 Å². The summed E-state index contributed by atoms with van der Waals surface area (Å²) in [5, 5.41) is 0. The molecule has 12 heavy (non-hydrogen) atoms. The van der Waals surface area contributed by atoms with Crippen LogP contribution in [0.4, 0.5) is 8.78 Å². The van der Waals surface area contributed by atoms with E-state index in [9.17, 15) is 8.78 Å². The number of hydrogen-bond donors (Lipinski definition) is 0. The molecule has 1 rings (SSSR count). The lowest BCUT2D eigenvalue weighted by Gasteiger charge is -2.03. The summed E-state index contributed by atoms with van der Waals surface area (Å²) in [7, 11) is 0. The van der Waals surface area contributed by atoms with Gasteiger partial charge in [-0.3, -0.25) is 4.98 Å². The Kier molecular flexibility index (Phi) is 2.98. The lowest BCUT2D eigenvalue weighted by atomic mass is 10.2. The number of rotatable bonds is 2. The Morgan fingerprint density at radius 2 is 2.17 bits per heavy atom. The van der Waals surface area contributed by atoms with E-state index in [1.807, 2.05) is 0 Å². The molecule has 1 aromatic rings. The van der Waals surface area contributed by atoms with E-state index in [4.69, 9.17) is 11.6 Å². The van der Waals surface area contributed by atoms with E-state index in [0.29, 0.717) is 5.69 Å². The Labute approximate surface area is 74.4 Å². The summed E-state index contributed by atoms with van der Waals surface area (Å²) in [6.07, 6.45) is -2.52. The molecule has 0 saturated heterocycles. The number of nitrogens with zero attached hydrogens (tertiary/aromatic N) is 1. The maximum atomic E-state index is 12.1. The minimum atomic E-state index is -2.52. The van der Waals surface area contributed by atoms with Crippen LogP contribution in [0, 0.1) is 6.92 Å². The zero-order chi connectivity index (χ0) is 9.14. The summed E-state index contributed by atoms with van der Waals surface area (Å²) in [6.45, 7) is 1.79. The highest BCUT2D eigenvalue weighted by Gasteiger charge is 2.09. The first kappa shape index (κ1) is 9.39. The predicted octanol–water partition coefficient (Wildman–Crippen LogP) is 3.07. The van der Waals surface area contributed by atoms with Gasteiger partial charge >= 0.3 is 0 Å². The molecule has 0 aliphatic heterocycles. The minimum absolute atomic E-state index is 0.173. The monoisotopic (exact) mass is 191 g/mol. The lowest BCUT2D eigenvalue weighted by molar-refractivity contribution is 0.146. The Morgan fingerprint density at radius 1 is 1.50 bits per heavy atom. The quantitative estimate of drug-likeness (QED) is 0.655. The first-order chi connectivity index (χ1) is 5.65. The van der Waals surface area contributed by atoms with Crippen LogP contribution in [-0.2, 0) is 5.88 Å². The third-order valence-corrected chi connectivity index (χ3v) is 1.83. The molecule has 0 fully saturated rings. The molecular formula is C8H8ClF2N. The summed E-state index contributed by atoms with van der Waals surface area (Å²) in [4.78, 5) is 3.71. The van der Waals surface area contributed by atoms with Crippen molar-refractivity contribution in [2.24, 2.45) is 0 Å². The maximum Gasteiger partial charge on any atom is 0.280 e. The van der Waals surface area contributed by atoms with Crippen LogP contribution in [0.15, 0.2) is 12.1 Å². The van der Waals surface area contributed by atoms with Crippen LogP contribution in [-0.4, -0.2) is 4.98 Å². The molecule has 0 amide bonds. The standard InChI is InChI=1S/C8H8ClF2N/c1-5-2-3-6(8(10)11)12-7(5)4-9/h2-3,8H,4H2,1H3. The van der Waals surface area contributed by atoms with Crippen LogP contribution >= 0.6 is 11.6 Å². The number of aromatic nitrogens is 1. The second-order valence-electron chi connectivity index (χ2n) is 2.43. The lowest BCUT2D eigenvalue weighted by Crippen LogP contribution is -1.96. The second kappa shape index (κ2) is 3.81. The van der Waals surface area contributed by atoms with Gasteiger partial charge in [-0.15, -0.1) is 11.6 Å². The zero-order valence-electron chi connectivity index (χ0n) is 6.52. The van der Waals surface area contributed by atoms with Crippen molar-refractivity contribution in [1.82, 2.24) is 4.98 Å². The fourth-order valence-electron chi connectivity index (χ4n) is 0.845. The van der Waals surface area contributed by atoms with Crippen molar-refractivity contribution in [1.29, 1.82) is 0 Å². The summed E-state index contributed by atoms with van der Waals surface area (Å²) >= 11 is 5.50. The van der Waals surface area contributed by atoms with Crippen molar-refractivity contribution in [2.75, 3.05) is 0 Å². The summed E-state index contributed by atoms with van der Waals surface area (Å²) in [5.41, 5.74) is 1.15. The molecule has 0 N–H and O–H groups in total. The van der Waals surface area contributed by atoms with Gasteiger partial charge in [0.25, 0.3) is 6.43 Å². The minimum Gasteiger partial charge on any atom is -0.250 e. The number of hydrogen-bond acceptors (Lipinski definition) is 1. The molecule has 0 saturated carbocycles. The highest BCUT2D eigenvalue weighted by atomic mass is 35.5. The number of pyridine rings is 1. The van der Waals surface area contributed by atoms with Gasteiger partial charge in [0.15, 0.2) is 0 Å². The first-order valence-corrected chi connectivity index (χ1v) is 3.99. The molecule has 0 unspecified atom stereocenters. The van der Waals surface area contributed by atoms with E-state index in [0.717, 1.165) is 5.56 Å². The molecule has 0 aromatic carbocycles. The molecule has 0 aliphatic rings. The molecule has 1 nitrogen and oxygen atoms in total. The van der Waals surface area contributed by atoms with E-state index in [2.05, 4.69) is 4.98 Å². The van der Waals surface area contributed by atoms with Crippen LogP contribution in [0.2, 0.25) is 0 Å². The van der Waals surface area contributed by atoms with Gasteiger partial charge in [-0.05, 0) is 18.6 Å². The Hall–Kier alpha value is -0.700. The molecule has 0 spiro atoms. The van der Waals surface area contributed by atoms with Crippen molar-refractivity contribution >= 4 is 11.6 Å². The van der Waals surface area contributed by atoms with Gasteiger partial charge < -0.3 is 0 Å². The van der Waals surface area contributed by atoms with Crippen LogP contribution in [0.5, 0.6) is 0 Å². The van der Waals surface area contributed by atoms with E-state index in [1.165, 1.54) is 6.07 Å². The highest BCUT2D eigenvalue weighted by molar-refractivity contribution is 6.17. The van der Waals surface area contributed by atoms with Crippen molar-refractivity contribution in [3.63, 3.8) is 0 Å². The molecule has 4 heteroatoms. The van der Waals surface area contributed by atoms with Gasteiger partial charge in [0, 0.05) is 0 Å². The predicted molar refractivity (Wildman–Crippen MR) is 43.5 cm³/mol. The van der Waals surface area contributed by atoms with Gasteiger partial charge in [0.1, 0.15) is 5.69 Å².